The van der Waals surface area contributed by atoms with Crippen molar-refractivity contribution in [2.75, 3.05) is 4.90 Å². The second-order valence-corrected chi connectivity index (χ2v) is 17.3. The number of benzene rings is 10. The van der Waals surface area contributed by atoms with Crippen molar-refractivity contribution in [2.24, 2.45) is 0 Å². The molecule has 0 unspecified atom stereocenters. The molecule has 0 N–H and O–H groups in total. The van der Waals surface area contributed by atoms with Crippen molar-refractivity contribution < 1.29 is 0 Å². The van der Waals surface area contributed by atoms with E-state index in [1.165, 1.54) is 82.6 Å². The summed E-state index contributed by atoms with van der Waals surface area (Å²) in [5.41, 5.74) is 19.3. The molecule has 0 spiro atoms. The normalized spacial score (nSPS) is 12.7. The van der Waals surface area contributed by atoms with E-state index >= 15 is 0 Å². The summed E-state index contributed by atoms with van der Waals surface area (Å²) in [7, 11) is 0. The molecule has 0 aliphatic heterocycles. The highest BCUT2D eigenvalue weighted by molar-refractivity contribution is 6.16. The maximum Gasteiger partial charge on any atom is 0.0547 e. The molecule has 2 heteroatoms. The van der Waals surface area contributed by atoms with E-state index < -0.39 is 0 Å². The predicted octanol–water partition coefficient (Wildman–Crippen LogP) is 16.7. The smallest absolute Gasteiger partial charge is 0.0547 e. The monoisotopic (exact) mass is 804 g/mol. The van der Waals surface area contributed by atoms with Gasteiger partial charge in [0.05, 0.1) is 16.7 Å². The third-order valence-electron chi connectivity index (χ3n) is 13.4. The van der Waals surface area contributed by atoms with E-state index in [-0.39, 0.29) is 5.41 Å². The molecule has 0 bridgehead atoms. The van der Waals surface area contributed by atoms with Crippen LogP contribution in [0.3, 0.4) is 0 Å². The number of rotatable bonds is 7. The molecular weight excluding hydrogens is 761 g/mol. The minimum absolute atomic E-state index is 0.109. The van der Waals surface area contributed by atoms with E-state index in [9.17, 15) is 0 Å². The van der Waals surface area contributed by atoms with Gasteiger partial charge in [0, 0.05) is 38.8 Å². The van der Waals surface area contributed by atoms with Gasteiger partial charge in [0.1, 0.15) is 0 Å². The van der Waals surface area contributed by atoms with Crippen molar-refractivity contribution in [3.63, 3.8) is 0 Å². The molecule has 10 aromatic carbocycles. The van der Waals surface area contributed by atoms with E-state index in [2.05, 4.69) is 254 Å². The van der Waals surface area contributed by atoms with Gasteiger partial charge in [0.15, 0.2) is 0 Å². The summed E-state index contributed by atoms with van der Waals surface area (Å²) in [4.78, 5) is 2.48. The van der Waals surface area contributed by atoms with Crippen LogP contribution in [0.25, 0.3) is 82.8 Å². The summed E-state index contributed by atoms with van der Waals surface area (Å²) in [6.07, 6.45) is 0. The number of hydrogen-bond acceptors (Lipinski definition) is 1. The van der Waals surface area contributed by atoms with Crippen molar-refractivity contribution >= 4 is 49.6 Å². The highest BCUT2D eigenvalue weighted by atomic mass is 15.1. The molecule has 11 aromatic rings. The molecule has 1 aliphatic carbocycles. The summed E-state index contributed by atoms with van der Waals surface area (Å²) in [6, 6.07) is 84.7. The molecule has 298 valence electrons. The van der Waals surface area contributed by atoms with Crippen LogP contribution < -0.4 is 4.90 Å². The van der Waals surface area contributed by atoms with Crippen LogP contribution in [-0.4, -0.2) is 4.57 Å². The first-order chi connectivity index (χ1) is 31.0. The van der Waals surface area contributed by atoms with Crippen LogP contribution >= 0.6 is 0 Å². The van der Waals surface area contributed by atoms with Crippen LogP contribution in [0.15, 0.2) is 231 Å². The Morgan fingerprint density at radius 2 is 0.921 bits per heavy atom. The second-order valence-electron chi connectivity index (χ2n) is 17.3. The van der Waals surface area contributed by atoms with Gasteiger partial charge in [-0.1, -0.05) is 190 Å². The molecule has 0 atom stereocenters. The Labute approximate surface area is 368 Å². The predicted molar refractivity (Wildman–Crippen MR) is 267 cm³/mol. The van der Waals surface area contributed by atoms with Crippen LogP contribution in [0, 0.1) is 0 Å². The van der Waals surface area contributed by atoms with Crippen molar-refractivity contribution in [1.29, 1.82) is 0 Å². The van der Waals surface area contributed by atoms with Gasteiger partial charge in [-0.2, -0.15) is 0 Å². The number of nitrogens with zero attached hydrogens (tertiary/aromatic N) is 2. The standard InChI is InChI=1S/C61H44N2/c1-61(2)54-34-11-8-29-52(54)59-51(33-17-35-55(59)61)50-28-9-12-36-56(50)62(45-25-14-21-42(39-45)48-31-16-20-41-19-6-7-27-47(41)48)46-26-15-22-43(40-46)49-32-18-38-58-60(49)53-30-10-13-37-57(53)63(58)44-23-4-3-5-24-44/h3-40H,1-2H3. The number of fused-ring (bicyclic) bond motifs is 7. The third kappa shape index (κ3) is 5.86. The first-order valence-corrected chi connectivity index (χ1v) is 21.9. The van der Waals surface area contributed by atoms with E-state index in [0.29, 0.717) is 0 Å². The van der Waals surface area contributed by atoms with Gasteiger partial charge in [0.2, 0.25) is 0 Å². The maximum absolute atomic E-state index is 2.48. The SMILES string of the molecule is CC1(C)c2ccccc2-c2c(-c3ccccc3N(c3cccc(-c4cccc5ccccc45)c3)c3cccc(-c4cccc5c4c4ccccc4n5-c4ccccc4)c3)cccc21. The topological polar surface area (TPSA) is 8.17 Å². The lowest BCUT2D eigenvalue weighted by Gasteiger charge is -2.29. The van der Waals surface area contributed by atoms with Crippen LogP contribution in [0.4, 0.5) is 17.1 Å². The largest absolute Gasteiger partial charge is 0.310 e. The molecule has 63 heavy (non-hydrogen) atoms. The Morgan fingerprint density at radius 1 is 0.381 bits per heavy atom. The average molecular weight is 805 g/mol. The zero-order chi connectivity index (χ0) is 42.1. The maximum atomic E-state index is 2.48. The molecule has 12 rings (SSSR count). The molecule has 0 amide bonds. The van der Waals surface area contributed by atoms with Crippen molar-refractivity contribution in [3.8, 4) is 50.2 Å². The lowest BCUT2D eigenvalue weighted by atomic mass is 9.82. The number of aromatic nitrogens is 1. The summed E-state index contributed by atoms with van der Waals surface area (Å²) >= 11 is 0. The van der Waals surface area contributed by atoms with Gasteiger partial charge in [-0.25, -0.2) is 0 Å². The van der Waals surface area contributed by atoms with Gasteiger partial charge in [-0.3, -0.25) is 0 Å². The van der Waals surface area contributed by atoms with E-state index in [4.69, 9.17) is 0 Å². The lowest BCUT2D eigenvalue weighted by Crippen LogP contribution is -2.15. The van der Waals surface area contributed by atoms with Gasteiger partial charge in [0.25, 0.3) is 0 Å². The average Bonchev–Trinajstić information content (AvgIpc) is 3.81. The molecule has 0 saturated carbocycles. The quantitative estimate of drug-likeness (QED) is 0.156. The zero-order valence-electron chi connectivity index (χ0n) is 35.3. The van der Waals surface area contributed by atoms with Crippen LogP contribution in [-0.2, 0) is 5.41 Å². The molecule has 0 radical (unpaired) electrons. The molecule has 1 aromatic heterocycles. The van der Waals surface area contributed by atoms with Crippen LogP contribution in [0.5, 0.6) is 0 Å². The first kappa shape index (κ1) is 36.9. The Balaban J connectivity index is 1.09. The number of anilines is 3. The van der Waals surface area contributed by atoms with E-state index in [1.807, 2.05) is 0 Å². The Bertz CT molecular complexity index is 3550. The highest BCUT2D eigenvalue weighted by Gasteiger charge is 2.37. The van der Waals surface area contributed by atoms with Gasteiger partial charge >= 0.3 is 0 Å². The Morgan fingerprint density at radius 3 is 1.75 bits per heavy atom. The summed E-state index contributed by atoms with van der Waals surface area (Å²) in [5.74, 6) is 0. The number of para-hydroxylation sites is 3. The van der Waals surface area contributed by atoms with Crippen LogP contribution in [0.2, 0.25) is 0 Å². The fourth-order valence-electron chi connectivity index (χ4n) is 10.5. The van der Waals surface area contributed by atoms with Gasteiger partial charge in [-0.05, 0) is 115 Å². The summed E-state index contributed by atoms with van der Waals surface area (Å²) < 4.78 is 2.40. The number of hydrogen-bond donors (Lipinski definition) is 0. The lowest BCUT2D eigenvalue weighted by molar-refractivity contribution is 0.660. The first-order valence-electron chi connectivity index (χ1n) is 21.9. The Kier molecular flexibility index (Phi) is 8.55. The van der Waals surface area contributed by atoms with E-state index in [1.54, 1.807) is 0 Å². The van der Waals surface area contributed by atoms with E-state index in [0.717, 1.165) is 28.3 Å². The van der Waals surface area contributed by atoms with Crippen molar-refractivity contribution in [2.45, 2.75) is 19.3 Å². The fraction of sp³-hybridized carbons (Fsp3) is 0.0492. The summed E-state index contributed by atoms with van der Waals surface area (Å²) in [6.45, 7) is 4.73. The molecule has 2 nitrogen and oxygen atoms in total. The summed E-state index contributed by atoms with van der Waals surface area (Å²) in [5, 5.41) is 4.97. The Hall–Kier alpha value is -7.94. The molecule has 0 saturated heterocycles. The van der Waals surface area contributed by atoms with Crippen molar-refractivity contribution in [1.82, 2.24) is 4.57 Å². The minimum atomic E-state index is -0.109. The van der Waals surface area contributed by atoms with Gasteiger partial charge in [-0.15, -0.1) is 0 Å². The van der Waals surface area contributed by atoms with Crippen LogP contribution in [0.1, 0.15) is 25.0 Å². The molecule has 0 fully saturated rings. The fourth-order valence-corrected chi connectivity index (χ4v) is 10.5. The third-order valence-corrected chi connectivity index (χ3v) is 13.4. The van der Waals surface area contributed by atoms with Gasteiger partial charge < -0.3 is 9.47 Å². The molecule has 1 heterocycles. The van der Waals surface area contributed by atoms with Crippen molar-refractivity contribution in [3.05, 3.63) is 242 Å². The second kappa shape index (κ2) is 14.6. The molecule has 1 aliphatic rings. The minimum Gasteiger partial charge on any atom is -0.310 e. The zero-order valence-corrected chi connectivity index (χ0v) is 35.3. The highest BCUT2D eigenvalue weighted by Crippen LogP contribution is 2.54. The molecular formula is C61H44N2.